The van der Waals surface area contributed by atoms with Crippen molar-refractivity contribution in [1.29, 1.82) is 0 Å². The average molecular weight is 404 g/mol. The number of fused-ring (bicyclic) bond motifs is 1. The van der Waals surface area contributed by atoms with Gasteiger partial charge in [-0.2, -0.15) is 0 Å². The number of hydrogen-bond donors (Lipinski definition) is 1. The number of benzene rings is 1. The number of rotatable bonds is 7. The van der Waals surface area contributed by atoms with Crippen molar-refractivity contribution in [2.75, 3.05) is 6.54 Å². The summed E-state index contributed by atoms with van der Waals surface area (Å²) in [6.45, 7) is 1.02. The van der Waals surface area contributed by atoms with E-state index in [1.807, 2.05) is 24.3 Å². The molecule has 0 spiro atoms. The van der Waals surface area contributed by atoms with E-state index >= 15 is 0 Å². The van der Waals surface area contributed by atoms with Crippen LogP contribution in [0.1, 0.15) is 18.4 Å². The lowest BCUT2D eigenvalue weighted by molar-refractivity contribution is -0.121. The van der Waals surface area contributed by atoms with E-state index in [-0.39, 0.29) is 11.5 Å². The largest absolute Gasteiger partial charge is 0.356 e. The second kappa shape index (κ2) is 8.43. The fourth-order valence-corrected chi connectivity index (χ4v) is 3.19. The Morgan fingerprint density at radius 3 is 2.57 bits per heavy atom. The van der Waals surface area contributed by atoms with Crippen LogP contribution in [0.15, 0.2) is 40.2 Å². The minimum Gasteiger partial charge on any atom is -0.356 e. The zero-order valence-corrected chi connectivity index (χ0v) is 16.6. The monoisotopic (exact) mass is 403 g/mol. The Balaban J connectivity index is 1.53. The van der Waals surface area contributed by atoms with Gasteiger partial charge in [-0.3, -0.25) is 18.7 Å². The van der Waals surface area contributed by atoms with Gasteiger partial charge in [-0.25, -0.2) is 9.78 Å². The molecule has 0 radical (unpaired) electrons. The highest BCUT2D eigenvalue weighted by molar-refractivity contribution is 6.30. The van der Waals surface area contributed by atoms with E-state index in [1.54, 1.807) is 11.6 Å². The fraction of sp³-hybridized carbons (Fsp3) is 0.368. The number of imidazole rings is 1. The van der Waals surface area contributed by atoms with Gasteiger partial charge in [0, 0.05) is 38.6 Å². The van der Waals surface area contributed by atoms with Crippen molar-refractivity contribution in [3.05, 3.63) is 62.0 Å². The summed E-state index contributed by atoms with van der Waals surface area (Å²) in [6, 6.07) is 7.53. The standard InChI is InChI=1S/C19H22ClN5O3/c1-23-17-16(18(27)24(2)19(23)28)25(12-22-17)11-3-4-15(26)21-10-9-13-5-7-14(20)8-6-13/h5-8,12H,3-4,9-11H2,1-2H3,(H,21,26). The zero-order chi connectivity index (χ0) is 20.3. The van der Waals surface area contributed by atoms with Gasteiger partial charge >= 0.3 is 5.69 Å². The number of hydrogen-bond acceptors (Lipinski definition) is 4. The van der Waals surface area contributed by atoms with Crippen LogP contribution in [0.3, 0.4) is 0 Å². The molecule has 1 N–H and O–H groups in total. The third-order valence-corrected chi connectivity index (χ3v) is 4.92. The summed E-state index contributed by atoms with van der Waals surface area (Å²) in [4.78, 5) is 40.5. The molecule has 0 aliphatic carbocycles. The molecule has 9 heteroatoms. The van der Waals surface area contributed by atoms with Gasteiger partial charge in [-0.1, -0.05) is 23.7 Å². The molecule has 8 nitrogen and oxygen atoms in total. The minimum absolute atomic E-state index is 0.0429. The van der Waals surface area contributed by atoms with E-state index in [0.29, 0.717) is 42.1 Å². The van der Waals surface area contributed by atoms with Crippen LogP contribution in [0.4, 0.5) is 0 Å². The van der Waals surface area contributed by atoms with Gasteiger partial charge in [0.1, 0.15) is 0 Å². The predicted molar refractivity (Wildman–Crippen MR) is 108 cm³/mol. The maximum atomic E-state index is 12.4. The Bertz CT molecular complexity index is 1110. The molecule has 1 aromatic carbocycles. The van der Waals surface area contributed by atoms with Crippen LogP contribution in [0.5, 0.6) is 0 Å². The summed E-state index contributed by atoms with van der Waals surface area (Å²) in [6.07, 6.45) is 3.17. The SMILES string of the molecule is Cn1c(=O)c2c(ncn2CCCC(=O)NCCc2ccc(Cl)cc2)n(C)c1=O. The quantitative estimate of drug-likeness (QED) is 0.642. The van der Waals surface area contributed by atoms with Crippen LogP contribution in [-0.2, 0) is 31.9 Å². The second-order valence-electron chi connectivity index (χ2n) is 6.65. The highest BCUT2D eigenvalue weighted by Gasteiger charge is 2.14. The number of nitrogens with one attached hydrogen (secondary N) is 1. The number of aromatic nitrogens is 4. The molecule has 0 atom stereocenters. The summed E-state index contributed by atoms with van der Waals surface area (Å²) >= 11 is 5.85. The van der Waals surface area contributed by atoms with Crippen molar-refractivity contribution >= 4 is 28.7 Å². The van der Waals surface area contributed by atoms with Crippen molar-refractivity contribution in [3.8, 4) is 0 Å². The summed E-state index contributed by atoms with van der Waals surface area (Å²) in [5.74, 6) is -0.0429. The maximum Gasteiger partial charge on any atom is 0.332 e. The molecule has 3 rings (SSSR count). The lowest BCUT2D eigenvalue weighted by Crippen LogP contribution is -2.37. The topological polar surface area (TPSA) is 90.9 Å². The third kappa shape index (κ3) is 4.17. The van der Waals surface area contributed by atoms with Crippen molar-refractivity contribution in [2.24, 2.45) is 14.1 Å². The highest BCUT2D eigenvalue weighted by Crippen LogP contribution is 2.10. The second-order valence-corrected chi connectivity index (χ2v) is 7.08. The number of aryl methyl sites for hydroxylation is 2. The van der Waals surface area contributed by atoms with Crippen molar-refractivity contribution in [1.82, 2.24) is 24.0 Å². The molecule has 28 heavy (non-hydrogen) atoms. The number of halogens is 1. The molecule has 3 aromatic rings. The molecule has 0 saturated heterocycles. The third-order valence-electron chi connectivity index (χ3n) is 4.67. The Morgan fingerprint density at radius 1 is 1.14 bits per heavy atom. The Labute approximate surface area is 166 Å². The number of amides is 1. The highest BCUT2D eigenvalue weighted by atomic mass is 35.5. The number of nitrogens with zero attached hydrogens (tertiary/aromatic N) is 4. The minimum atomic E-state index is -0.414. The van der Waals surface area contributed by atoms with E-state index in [4.69, 9.17) is 11.6 Å². The molecule has 148 valence electrons. The summed E-state index contributed by atoms with van der Waals surface area (Å²) in [5, 5.41) is 3.58. The van der Waals surface area contributed by atoms with Crippen LogP contribution in [0.25, 0.3) is 11.2 Å². The van der Waals surface area contributed by atoms with Gasteiger partial charge in [-0.15, -0.1) is 0 Å². The van der Waals surface area contributed by atoms with Crippen LogP contribution >= 0.6 is 11.6 Å². The van der Waals surface area contributed by atoms with E-state index in [9.17, 15) is 14.4 Å². The van der Waals surface area contributed by atoms with E-state index in [2.05, 4.69) is 10.3 Å². The molecule has 2 aromatic heterocycles. The first-order valence-corrected chi connectivity index (χ1v) is 9.38. The lowest BCUT2D eigenvalue weighted by Gasteiger charge is -2.08. The average Bonchev–Trinajstić information content (AvgIpc) is 3.10. The van der Waals surface area contributed by atoms with Gasteiger partial charge < -0.3 is 9.88 Å². The van der Waals surface area contributed by atoms with Gasteiger partial charge in [0.2, 0.25) is 5.91 Å². The lowest BCUT2D eigenvalue weighted by atomic mass is 10.1. The Morgan fingerprint density at radius 2 is 1.86 bits per heavy atom. The summed E-state index contributed by atoms with van der Waals surface area (Å²) in [5.41, 5.74) is 1.02. The Kier molecular flexibility index (Phi) is 5.99. The molecule has 0 fully saturated rings. The van der Waals surface area contributed by atoms with Crippen molar-refractivity contribution in [3.63, 3.8) is 0 Å². The summed E-state index contributed by atoms with van der Waals surface area (Å²) in [7, 11) is 3.02. The van der Waals surface area contributed by atoms with E-state index < -0.39 is 5.69 Å². The van der Waals surface area contributed by atoms with Gasteiger partial charge in [-0.05, 0) is 30.5 Å². The smallest absolute Gasteiger partial charge is 0.332 e. The number of carbonyl (C=O) groups excluding carboxylic acids is 1. The van der Waals surface area contributed by atoms with Gasteiger partial charge in [0.05, 0.1) is 6.33 Å². The Hall–Kier alpha value is -2.87. The number of carbonyl (C=O) groups is 1. The molecule has 0 saturated carbocycles. The van der Waals surface area contributed by atoms with Crippen LogP contribution in [0.2, 0.25) is 5.02 Å². The predicted octanol–water partition coefficient (Wildman–Crippen LogP) is 1.23. The van der Waals surface area contributed by atoms with Gasteiger partial charge in [0.25, 0.3) is 5.56 Å². The molecular formula is C19H22ClN5O3. The molecular weight excluding hydrogens is 382 g/mol. The van der Waals surface area contributed by atoms with E-state index in [1.165, 1.54) is 17.9 Å². The molecule has 0 bridgehead atoms. The first-order chi connectivity index (χ1) is 13.4. The van der Waals surface area contributed by atoms with Crippen molar-refractivity contribution in [2.45, 2.75) is 25.8 Å². The zero-order valence-electron chi connectivity index (χ0n) is 15.8. The van der Waals surface area contributed by atoms with Crippen LogP contribution < -0.4 is 16.6 Å². The van der Waals surface area contributed by atoms with Crippen LogP contribution in [0, 0.1) is 0 Å². The van der Waals surface area contributed by atoms with E-state index in [0.717, 1.165) is 16.6 Å². The van der Waals surface area contributed by atoms with Crippen LogP contribution in [-0.4, -0.2) is 31.1 Å². The summed E-state index contributed by atoms with van der Waals surface area (Å²) < 4.78 is 4.10. The first kappa shape index (κ1) is 19.9. The fourth-order valence-electron chi connectivity index (χ4n) is 3.06. The molecule has 2 heterocycles. The first-order valence-electron chi connectivity index (χ1n) is 9.00. The van der Waals surface area contributed by atoms with Gasteiger partial charge in [0.15, 0.2) is 11.2 Å². The molecule has 1 amide bonds. The van der Waals surface area contributed by atoms with Crippen molar-refractivity contribution < 1.29 is 4.79 Å². The molecule has 0 unspecified atom stereocenters. The molecule has 0 aliphatic rings. The molecule has 0 aliphatic heterocycles. The normalized spacial score (nSPS) is 11.1. The maximum absolute atomic E-state index is 12.4.